The zero-order chi connectivity index (χ0) is 25.5. The van der Waals surface area contributed by atoms with Crippen molar-refractivity contribution in [3.63, 3.8) is 0 Å². The maximum absolute atomic E-state index is 13.0. The van der Waals surface area contributed by atoms with Crippen LogP contribution in [0.5, 0.6) is 0 Å². The summed E-state index contributed by atoms with van der Waals surface area (Å²) in [5.74, 6) is -1.18. The van der Waals surface area contributed by atoms with Gasteiger partial charge < -0.3 is 14.7 Å². The quantitative estimate of drug-likeness (QED) is 0.546. The Bertz CT molecular complexity index is 979. The summed E-state index contributed by atoms with van der Waals surface area (Å²) in [5, 5.41) is 10.4. The van der Waals surface area contributed by atoms with Gasteiger partial charge in [-0.3, -0.25) is 13.8 Å². The van der Waals surface area contributed by atoms with Gasteiger partial charge in [0.25, 0.3) is 5.91 Å². The van der Waals surface area contributed by atoms with Gasteiger partial charge in [0.1, 0.15) is 6.10 Å². The summed E-state index contributed by atoms with van der Waals surface area (Å²) in [6, 6.07) is 15.8. The highest BCUT2D eigenvalue weighted by Crippen LogP contribution is 2.31. The van der Waals surface area contributed by atoms with Crippen LogP contribution in [0.1, 0.15) is 45.7 Å². The lowest BCUT2D eigenvalue weighted by atomic mass is 10.0. The summed E-state index contributed by atoms with van der Waals surface area (Å²) < 4.78 is 17.8. The molecule has 0 aliphatic carbocycles. The monoisotopic (exact) mass is 527 g/mol. The Morgan fingerprint density at radius 3 is 2.15 bits per heavy atom. The van der Waals surface area contributed by atoms with Gasteiger partial charge in [0.15, 0.2) is 0 Å². The van der Waals surface area contributed by atoms with Crippen LogP contribution in [0.15, 0.2) is 54.6 Å². The first-order valence-electron chi connectivity index (χ1n) is 10.9. The fraction of sp³-hybridized carbons (Fsp3) is 0.440. The number of halogens is 2. The van der Waals surface area contributed by atoms with E-state index in [1.807, 2.05) is 70.2 Å². The third-order valence-electron chi connectivity index (χ3n) is 5.22. The minimum Gasteiger partial charge on any atom is -0.481 e. The van der Waals surface area contributed by atoms with Crippen LogP contribution in [0.4, 0.5) is 0 Å². The molecule has 1 aliphatic rings. The Hall–Kier alpha value is -1.93. The summed E-state index contributed by atoms with van der Waals surface area (Å²) >= 11 is 11.5. The van der Waals surface area contributed by atoms with Crippen molar-refractivity contribution in [1.82, 2.24) is 4.90 Å². The van der Waals surface area contributed by atoms with Crippen molar-refractivity contribution < 1.29 is 23.6 Å². The molecule has 0 saturated carbocycles. The average Bonchev–Trinajstić information content (AvgIpc) is 2.75. The third-order valence-corrected chi connectivity index (χ3v) is 7.87. The van der Waals surface area contributed by atoms with Gasteiger partial charge in [0.05, 0.1) is 19.1 Å². The molecule has 9 heteroatoms. The number of carboxylic acids is 1. The van der Waals surface area contributed by atoms with Crippen molar-refractivity contribution in [3.8, 4) is 0 Å². The molecular weight excluding hydrogens is 497 g/mol. The molecule has 0 radical (unpaired) electrons. The van der Waals surface area contributed by atoms with Gasteiger partial charge in [-0.25, -0.2) is 0 Å². The van der Waals surface area contributed by atoms with Crippen LogP contribution in [-0.4, -0.2) is 55.3 Å². The lowest BCUT2D eigenvalue weighted by Gasteiger charge is -2.43. The Morgan fingerprint density at radius 1 is 1.12 bits per heavy atom. The lowest BCUT2D eigenvalue weighted by Crippen LogP contribution is -2.55. The van der Waals surface area contributed by atoms with Crippen molar-refractivity contribution >= 4 is 45.9 Å². The van der Waals surface area contributed by atoms with Crippen molar-refractivity contribution in [1.29, 1.82) is 0 Å². The predicted octanol–water partition coefficient (Wildman–Crippen LogP) is 5.36. The minimum atomic E-state index is -1.15. The van der Waals surface area contributed by atoms with E-state index in [4.69, 9.17) is 33.0 Å². The Balaban J connectivity index is 0.000000497. The molecule has 4 unspecified atom stereocenters. The first-order chi connectivity index (χ1) is 15.9. The number of hydrogen-bond acceptors (Lipinski definition) is 4. The van der Waals surface area contributed by atoms with Gasteiger partial charge in [0.2, 0.25) is 0 Å². The zero-order valence-electron chi connectivity index (χ0n) is 19.7. The largest absolute Gasteiger partial charge is 0.481 e. The molecule has 1 saturated heterocycles. The number of carbonyl (C=O) groups excluding carboxylic acids is 1. The molecule has 2 aromatic rings. The normalized spacial score (nSPS) is 20.2. The van der Waals surface area contributed by atoms with E-state index in [9.17, 15) is 13.8 Å². The molecule has 186 valence electrons. The number of rotatable bonds is 6. The maximum atomic E-state index is 13.0. The van der Waals surface area contributed by atoms with E-state index in [0.717, 1.165) is 10.6 Å². The van der Waals surface area contributed by atoms with E-state index in [2.05, 4.69) is 0 Å². The second-order valence-corrected chi connectivity index (χ2v) is 12.1. The van der Waals surface area contributed by atoms with Gasteiger partial charge in [0, 0.05) is 37.4 Å². The molecule has 0 bridgehead atoms. The Labute approximate surface area is 213 Å². The standard InChI is InChI=1S/C19H26ClNO5S.C6H5Cl/c1-12(11-27(25)19(2,3)4)21-15(13-5-7-14(20)8-6-13)10-26-16(18(21)24)9-17(22)23;7-6-4-2-1-3-5-6/h5-8,12,15-16H,9-11H2,1-4H3,(H,22,23);1-5H. The maximum Gasteiger partial charge on any atom is 0.306 e. The molecule has 1 heterocycles. The molecule has 1 N–H and O–H groups in total. The van der Waals surface area contributed by atoms with Crippen LogP contribution in [-0.2, 0) is 25.1 Å². The van der Waals surface area contributed by atoms with E-state index in [-0.39, 0.29) is 24.6 Å². The van der Waals surface area contributed by atoms with E-state index >= 15 is 0 Å². The number of carboxylic acid groups (broad SMARTS) is 1. The average molecular weight is 528 g/mol. The second kappa shape index (κ2) is 12.7. The van der Waals surface area contributed by atoms with Crippen molar-refractivity contribution in [3.05, 3.63) is 70.2 Å². The number of carbonyl (C=O) groups is 2. The van der Waals surface area contributed by atoms with E-state index in [0.29, 0.717) is 10.8 Å². The number of nitrogens with zero attached hydrogens (tertiary/aromatic N) is 1. The SMILES string of the molecule is CC(CS(=O)C(C)(C)C)N1C(=O)C(CC(=O)O)OCC1c1ccc(Cl)cc1.Clc1ccccc1. The van der Waals surface area contributed by atoms with Gasteiger partial charge >= 0.3 is 5.97 Å². The molecule has 3 rings (SSSR count). The van der Waals surface area contributed by atoms with Gasteiger partial charge in [-0.1, -0.05) is 53.5 Å². The summed E-state index contributed by atoms with van der Waals surface area (Å²) in [6.45, 7) is 7.69. The van der Waals surface area contributed by atoms with Gasteiger partial charge in [-0.15, -0.1) is 0 Å². The summed E-state index contributed by atoms with van der Waals surface area (Å²) in [6.07, 6.45) is -1.42. The molecular formula is C25H31Cl2NO5S. The van der Waals surface area contributed by atoms with Gasteiger partial charge in [-0.2, -0.15) is 0 Å². The van der Waals surface area contributed by atoms with Crippen molar-refractivity contribution in [2.75, 3.05) is 12.4 Å². The van der Waals surface area contributed by atoms with Crippen LogP contribution in [0.2, 0.25) is 10.0 Å². The molecule has 4 atom stereocenters. The van der Waals surface area contributed by atoms with Crippen LogP contribution < -0.4 is 0 Å². The summed E-state index contributed by atoms with van der Waals surface area (Å²) in [5.41, 5.74) is 0.843. The summed E-state index contributed by atoms with van der Waals surface area (Å²) in [4.78, 5) is 25.7. The van der Waals surface area contributed by atoms with Crippen LogP contribution in [0.25, 0.3) is 0 Å². The first-order valence-corrected chi connectivity index (χ1v) is 13.0. The van der Waals surface area contributed by atoms with Crippen molar-refractivity contribution in [2.45, 2.75) is 57.1 Å². The topological polar surface area (TPSA) is 83.9 Å². The minimum absolute atomic E-state index is 0.178. The second-order valence-electron chi connectivity index (χ2n) is 9.00. The highest BCUT2D eigenvalue weighted by Gasteiger charge is 2.41. The molecule has 1 aliphatic heterocycles. The number of aliphatic carboxylic acids is 1. The number of morpholine rings is 1. The fourth-order valence-corrected chi connectivity index (χ4v) is 4.78. The number of amides is 1. The fourth-order valence-electron chi connectivity index (χ4n) is 3.41. The summed E-state index contributed by atoms with van der Waals surface area (Å²) in [7, 11) is -1.15. The molecule has 1 amide bonds. The molecule has 6 nitrogen and oxygen atoms in total. The van der Waals surface area contributed by atoms with Crippen LogP contribution in [0, 0.1) is 0 Å². The molecule has 0 spiro atoms. The highest BCUT2D eigenvalue weighted by molar-refractivity contribution is 7.86. The molecule has 34 heavy (non-hydrogen) atoms. The smallest absolute Gasteiger partial charge is 0.306 e. The third kappa shape index (κ3) is 8.38. The zero-order valence-corrected chi connectivity index (χ0v) is 22.1. The highest BCUT2D eigenvalue weighted by atomic mass is 35.5. The Morgan fingerprint density at radius 2 is 1.68 bits per heavy atom. The van der Waals surface area contributed by atoms with Gasteiger partial charge in [-0.05, 0) is 57.5 Å². The van der Waals surface area contributed by atoms with E-state index < -0.39 is 34.0 Å². The predicted molar refractivity (Wildman–Crippen MR) is 137 cm³/mol. The molecule has 2 aromatic carbocycles. The Kier molecular flexibility index (Phi) is 10.6. The lowest BCUT2D eigenvalue weighted by molar-refractivity contribution is -0.168. The van der Waals surface area contributed by atoms with Crippen LogP contribution in [0.3, 0.4) is 0 Å². The van der Waals surface area contributed by atoms with E-state index in [1.54, 1.807) is 17.0 Å². The number of ether oxygens (including phenoxy) is 1. The van der Waals surface area contributed by atoms with Crippen molar-refractivity contribution in [2.24, 2.45) is 0 Å². The van der Waals surface area contributed by atoms with E-state index in [1.165, 1.54) is 0 Å². The molecule has 0 aromatic heterocycles. The number of benzene rings is 2. The molecule has 1 fully saturated rings. The van der Waals surface area contributed by atoms with Crippen LogP contribution >= 0.6 is 23.2 Å². The number of hydrogen-bond donors (Lipinski definition) is 1. The first kappa shape index (κ1) is 28.3.